The molecule has 5 nitrogen and oxygen atoms in total. The summed E-state index contributed by atoms with van der Waals surface area (Å²) < 4.78 is 42.1. The van der Waals surface area contributed by atoms with E-state index in [0.717, 1.165) is 18.2 Å². The average Bonchev–Trinajstić information content (AvgIpc) is 2.37. The second-order valence-electron chi connectivity index (χ2n) is 3.90. The highest BCUT2D eigenvalue weighted by atomic mass is 79.9. The van der Waals surface area contributed by atoms with Gasteiger partial charge in [-0.05, 0) is 46.3 Å². The van der Waals surface area contributed by atoms with E-state index in [1.807, 2.05) is 0 Å². The molecule has 20 heavy (non-hydrogen) atoms. The van der Waals surface area contributed by atoms with Gasteiger partial charge in [0, 0.05) is 6.07 Å². The van der Waals surface area contributed by atoms with Gasteiger partial charge >= 0.3 is 10.1 Å². The van der Waals surface area contributed by atoms with Crippen molar-refractivity contribution in [2.75, 3.05) is 11.5 Å². The van der Waals surface area contributed by atoms with Crippen molar-refractivity contribution in [1.29, 1.82) is 0 Å². The maximum Gasteiger partial charge on any atom is 0.339 e. The van der Waals surface area contributed by atoms with Gasteiger partial charge in [0.2, 0.25) is 0 Å². The Morgan fingerprint density at radius 2 is 1.75 bits per heavy atom. The molecule has 8 heteroatoms. The van der Waals surface area contributed by atoms with E-state index in [4.69, 9.17) is 15.7 Å². The van der Waals surface area contributed by atoms with Gasteiger partial charge in [-0.25, -0.2) is 4.39 Å². The molecule has 0 aliphatic carbocycles. The van der Waals surface area contributed by atoms with E-state index < -0.39 is 15.9 Å². The van der Waals surface area contributed by atoms with E-state index >= 15 is 0 Å². The van der Waals surface area contributed by atoms with Crippen LogP contribution in [-0.2, 0) is 10.1 Å². The highest BCUT2D eigenvalue weighted by molar-refractivity contribution is 9.10. The number of hydrogen-bond acceptors (Lipinski definition) is 5. The van der Waals surface area contributed by atoms with Crippen LogP contribution in [0.1, 0.15) is 0 Å². The Morgan fingerprint density at radius 3 is 2.35 bits per heavy atom. The fourth-order valence-corrected chi connectivity index (χ4v) is 2.89. The minimum atomic E-state index is -4.08. The van der Waals surface area contributed by atoms with Crippen LogP contribution in [0.4, 0.5) is 15.8 Å². The van der Waals surface area contributed by atoms with Gasteiger partial charge in [-0.1, -0.05) is 0 Å². The molecule has 0 atom stereocenters. The number of hydrogen-bond donors (Lipinski definition) is 2. The molecule has 0 aliphatic rings. The third-order valence-electron chi connectivity index (χ3n) is 2.44. The van der Waals surface area contributed by atoms with Crippen LogP contribution in [0.2, 0.25) is 0 Å². The maximum absolute atomic E-state index is 13.1. The van der Waals surface area contributed by atoms with Crippen molar-refractivity contribution < 1.29 is 17.0 Å². The maximum atomic E-state index is 13.1. The molecule has 2 rings (SSSR count). The van der Waals surface area contributed by atoms with E-state index in [1.54, 1.807) is 0 Å². The van der Waals surface area contributed by atoms with Gasteiger partial charge in [0.1, 0.15) is 16.5 Å². The average molecular weight is 361 g/mol. The Labute approximate surface area is 123 Å². The molecule has 0 aromatic heterocycles. The van der Waals surface area contributed by atoms with Crippen molar-refractivity contribution in [3.63, 3.8) is 0 Å². The fraction of sp³-hybridized carbons (Fsp3) is 0. The number of nitrogens with two attached hydrogens (primary N) is 2. The van der Waals surface area contributed by atoms with Crippen molar-refractivity contribution in [3.8, 4) is 5.75 Å². The summed E-state index contributed by atoms with van der Waals surface area (Å²) in [5.41, 5.74) is 11.6. The molecule has 0 fully saturated rings. The lowest BCUT2D eigenvalue weighted by molar-refractivity contribution is 0.486. The molecule has 0 spiro atoms. The van der Waals surface area contributed by atoms with Crippen LogP contribution >= 0.6 is 15.9 Å². The summed E-state index contributed by atoms with van der Waals surface area (Å²) in [6.45, 7) is 0. The number of rotatable bonds is 3. The zero-order chi connectivity index (χ0) is 14.9. The topological polar surface area (TPSA) is 95.4 Å². The fourth-order valence-electron chi connectivity index (χ4n) is 1.41. The summed E-state index contributed by atoms with van der Waals surface area (Å²) in [7, 11) is -4.08. The Bertz CT molecular complexity index is 765. The zero-order valence-electron chi connectivity index (χ0n) is 10.0. The number of halogens is 2. The van der Waals surface area contributed by atoms with Gasteiger partial charge in [-0.3, -0.25) is 0 Å². The Morgan fingerprint density at radius 1 is 1.05 bits per heavy atom. The van der Waals surface area contributed by atoms with E-state index in [9.17, 15) is 12.8 Å². The first-order chi connectivity index (χ1) is 9.29. The summed E-state index contributed by atoms with van der Waals surface area (Å²) >= 11 is 2.91. The summed E-state index contributed by atoms with van der Waals surface area (Å²) in [6, 6.07) is 7.35. The van der Waals surface area contributed by atoms with Gasteiger partial charge < -0.3 is 15.7 Å². The van der Waals surface area contributed by atoms with Crippen molar-refractivity contribution in [2.45, 2.75) is 4.90 Å². The molecule has 0 unspecified atom stereocenters. The lowest BCUT2D eigenvalue weighted by atomic mass is 10.3. The predicted octanol–water partition coefficient (Wildman–Crippen LogP) is 2.52. The van der Waals surface area contributed by atoms with Gasteiger partial charge in [0.05, 0.1) is 15.8 Å². The molecule has 0 amide bonds. The first-order valence-electron chi connectivity index (χ1n) is 5.34. The second kappa shape index (κ2) is 5.29. The minimum absolute atomic E-state index is 0.0251. The van der Waals surface area contributed by atoms with Gasteiger partial charge in [-0.2, -0.15) is 8.42 Å². The van der Waals surface area contributed by atoms with E-state index in [2.05, 4.69) is 15.9 Å². The zero-order valence-corrected chi connectivity index (χ0v) is 12.4. The molecule has 106 valence electrons. The second-order valence-corrected chi connectivity index (χ2v) is 6.30. The molecule has 0 saturated heterocycles. The molecule has 4 N–H and O–H groups in total. The molecule has 0 aliphatic heterocycles. The molecule has 2 aromatic rings. The monoisotopic (exact) mass is 360 g/mol. The number of benzene rings is 2. The highest BCUT2D eigenvalue weighted by Gasteiger charge is 2.18. The molecular weight excluding hydrogens is 351 g/mol. The Balaban J connectivity index is 2.35. The van der Waals surface area contributed by atoms with Crippen LogP contribution in [0.3, 0.4) is 0 Å². The first-order valence-corrected chi connectivity index (χ1v) is 7.54. The largest absolute Gasteiger partial charge is 0.397 e. The molecule has 2 aromatic carbocycles. The van der Waals surface area contributed by atoms with Crippen LogP contribution < -0.4 is 15.7 Å². The first kappa shape index (κ1) is 14.6. The molecular formula is C12H10BrFN2O3S. The normalized spacial score (nSPS) is 11.3. The standard InChI is InChI=1S/C12H10BrFN2O3S/c13-9-6-8(2-3-10(9)14)20(17,18)19-7-1-4-11(15)12(16)5-7/h1-6H,15-16H2. The van der Waals surface area contributed by atoms with Crippen LogP contribution in [0.15, 0.2) is 45.8 Å². The minimum Gasteiger partial charge on any atom is -0.397 e. The van der Waals surface area contributed by atoms with Crippen LogP contribution in [0, 0.1) is 5.82 Å². The van der Waals surface area contributed by atoms with Gasteiger partial charge in [-0.15, -0.1) is 0 Å². The lowest BCUT2D eigenvalue weighted by Gasteiger charge is -2.09. The van der Waals surface area contributed by atoms with Crippen molar-refractivity contribution in [3.05, 3.63) is 46.7 Å². The number of nitrogen functional groups attached to an aromatic ring is 2. The molecule has 0 radical (unpaired) electrons. The summed E-state index contributed by atoms with van der Waals surface area (Å²) in [5, 5.41) is 0. The highest BCUT2D eigenvalue weighted by Crippen LogP contribution is 2.26. The quantitative estimate of drug-likeness (QED) is 0.647. The van der Waals surface area contributed by atoms with Crippen molar-refractivity contribution in [1.82, 2.24) is 0 Å². The Kier molecular flexibility index (Phi) is 3.87. The van der Waals surface area contributed by atoms with E-state index in [1.165, 1.54) is 18.2 Å². The summed E-state index contributed by atoms with van der Waals surface area (Å²) in [4.78, 5) is -0.179. The van der Waals surface area contributed by atoms with Gasteiger partial charge in [0.25, 0.3) is 0 Å². The smallest absolute Gasteiger partial charge is 0.339 e. The van der Waals surface area contributed by atoms with E-state index in [-0.39, 0.29) is 20.8 Å². The molecule has 0 heterocycles. The summed E-state index contributed by atoms with van der Waals surface area (Å²) in [6.07, 6.45) is 0. The predicted molar refractivity (Wildman–Crippen MR) is 77.2 cm³/mol. The number of anilines is 2. The summed E-state index contributed by atoms with van der Waals surface area (Å²) in [5.74, 6) is -0.544. The van der Waals surface area contributed by atoms with Crippen molar-refractivity contribution in [2.24, 2.45) is 0 Å². The lowest BCUT2D eigenvalue weighted by Crippen LogP contribution is -2.10. The third-order valence-corrected chi connectivity index (χ3v) is 4.29. The third kappa shape index (κ3) is 3.02. The van der Waals surface area contributed by atoms with Gasteiger partial charge in [0.15, 0.2) is 0 Å². The van der Waals surface area contributed by atoms with Crippen LogP contribution in [0.25, 0.3) is 0 Å². The van der Waals surface area contributed by atoms with Crippen LogP contribution in [0.5, 0.6) is 5.75 Å². The Hall–Kier alpha value is -1.80. The molecule has 0 bridgehead atoms. The van der Waals surface area contributed by atoms with Crippen molar-refractivity contribution >= 4 is 37.4 Å². The molecule has 0 saturated carbocycles. The van der Waals surface area contributed by atoms with E-state index in [0.29, 0.717) is 5.69 Å². The van der Waals surface area contributed by atoms with Crippen LogP contribution in [-0.4, -0.2) is 8.42 Å². The SMILES string of the molecule is Nc1ccc(OS(=O)(=O)c2ccc(F)c(Br)c2)cc1N.